The molecule has 0 heterocycles. The van der Waals surface area contributed by atoms with Crippen LogP contribution in [0.1, 0.15) is 6.92 Å². The van der Waals surface area contributed by atoms with Crippen molar-refractivity contribution in [1.82, 2.24) is 0 Å². The van der Waals surface area contributed by atoms with Crippen LogP contribution < -0.4 is 10.6 Å². The van der Waals surface area contributed by atoms with E-state index in [1.165, 1.54) is 31.2 Å². The number of halogens is 3. The van der Waals surface area contributed by atoms with Crippen LogP contribution in [-0.4, -0.2) is 18.6 Å². The molecule has 1 aromatic carbocycles. The van der Waals surface area contributed by atoms with E-state index in [4.69, 9.17) is 5.73 Å². The number of rotatable bonds is 2. The smallest absolute Gasteiger partial charge is 0.399 e. The number of nitrogens with zero attached hydrogens (tertiary/aromatic N) is 1. The van der Waals surface area contributed by atoms with Crippen molar-refractivity contribution in [2.24, 2.45) is 0 Å². The highest BCUT2D eigenvalue weighted by Crippen LogP contribution is 2.24. The SMILES string of the molecule is CCN(C(=O)C(F)(F)F)c1ccc(N)cc1. The summed E-state index contributed by atoms with van der Waals surface area (Å²) >= 11 is 0. The van der Waals surface area contributed by atoms with E-state index in [1.807, 2.05) is 0 Å². The molecule has 0 unspecified atom stereocenters. The summed E-state index contributed by atoms with van der Waals surface area (Å²) in [7, 11) is 0. The summed E-state index contributed by atoms with van der Waals surface area (Å²) in [6.45, 7) is 1.42. The number of hydrogen-bond donors (Lipinski definition) is 1. The Kier molecular flexibility index (Phi) is 3.41. The molecule has 88 valence electrons. The normalized spacial score (nSPS) is 11.2. The number of anilines is 2. The van der Waals surface area contributed by atoms with E-state index >= 15 is 0 Å². The Labute approximate surface area is 90.6 Å². The van der Waals surface area contributed by atoms with Crippen LogP contribution in [0.4, 0.5) is 24.5 Å². The van der Waals surface area contributed by atoms with Gasteiger partial charge in [0.05, 0.1) is 0 Å². The molecule has 0 saturated carbocycles. The van der Waals surface area contributed by atoms with Crippen LogP contribution in [0.25, 0.3) is 0 Å². The number of carbonyl (C=O) groups excluding carboxylic acids is 1. The number of benzene rings is 1. The fourth-order valence-corrected chi connectivity index (χ4v) is 1.25. The van der Waals surface area contributed by atoms with Crippen molar-refractivity contribution in [1.29, 1.82) is 0 Å². The molecule has 0 aromatic heterocycles. The standard InChI is InChI=1S/C10H11F3N2O/c1-2-15(9(16)10(11,12)13)8-5-3-7(14)4-6-8/h3-6H,2,14H2,1H3. The fraction of sp³-hybridized carbons (Fsp3) is 0.300. The van der Waals surface area contributed by atoms with E-state index in [1.54, 1.807) is 0 Å². The van der Waals surface area contributed by atoms with E-state index in [-0.39, 0.29) is 12.2 Å². The maximum absolute atomic E-state index is 12.2. The first kappa shape index (κ1) is 12.4. The largest absolute Gasteiger partial charge is 0.471 e. The van der Waals surface area contributed by atoms with E-state index < -0.39 is 12.1 Å². The second-order valence-electron chi connectivity index (χ2n) is 3.14. The third-order valence-electron chi connectivity index (χ3n) is 2.01. The Morgan fingerprint density at radius 2 is 1.81 bits per heavy atom. The molecule has 0 bridgehead atoms. The minimum Gasteiger partial charge on any atom is -0.399 e. The lowest BCUT2D eigenvalue weighted by molar-refractivity contribution is -0.170. The summed E-state index contributed by atoms with van der Waals surface area (Å²) in [5.41, 5.74) is 6.01. The predicted molar refractivity (Wildman–Crippen MR) is 54.9 cm³/mol. The van der Waals surface area contributed by atoms with Crippen LogP contribution in [0.2, 0.25) is 0 Å². The van der Waals surface area contributed by atoms with Crippen LogP contribution in [0.5, 0.6) is 0 Å². The average Bonchev–Trinajstić information content (AvgIpc) is 2.20. The van der Waals surface area contributed by atoms with Gasteiger partial charge in [0.25, 0.3) is 0 Å². The zero-order valence-corrected chi connectivity index (χ0v) is 8.58. The molecule has 0 aliphatic heterocycles. The molecule has 0 aliphatic rings. The Morgan fingerprint density at radius 3 is 2.19 bits per heavy atom. The Balaban J connectivity index is 2.99. The van der Waals surface area contributed by atoms with Crippen molar-refractivity contribution in [3.8, 4) is 0 Å². The Morgan fingerprint density at radius 1 is 1.31 bits per heavy atom. The fourth-order valence-electron chi connectivity index (χ4n) is 1.25. The highest BCUT2D eigenvalue weighted by atomic mass is 19.4. The van der Waals surface area contributed by atoms with E-state index in [0.717, 1.165) is 0 Å². The van der Waals surface area contributed by atoms with Gasteiger partial charge in [-0.2, -0.15) is 13.2 Å². The van der Waals surface area contributed by atoms with Crippen molar-refractivity contribution in [3.05, 3.63) is 24.3 Å². The molecular weight excluding hydrogens is 221 g/mol. The summed E-state index contributed by atoms with van der Waals surface area (Å²) in [4.78, 5) is 11.7. The first-order chi connectivity index (χ1) is 7.36. The molecule has 16 heavy (non-hydrogen) atoms. The molecule has 3 nitrogen and oxygen atoms in total. The summed E-state index contributed by atoms with van der Waals surface area (Å²) in [6.07, 6.45) is -4.86. The molecule has 0 spiro atoms. The summed E-state index contributed by atoms with van der Waals surface area (Å²) < 4.78 is 36.7. The predicted octanol–water partition coefficient (Wildman–Crippen LogP) is 2.18. The zero-order chi connectivity index (χ0) is 12.3. The van der Waals surface area contributed by atoms with Crippen molar-refractivity contribution in [2.45, 2.75) is 13.1 Å². The first-order valence-corrected chi connectivity index (χ1v) is 4.60. The monoisotopic (exact) mass is 232 g/mol. The molecule has 0 saturated heterocycles. The van der Waals surface area contributed by atoms with Crippen molar-refractivity contribution < 1.29 is 18.0 Å². The number of hydrogen-bond acceptors (Lipinski definition) is 2. The van der Waals surface area contributed by atoms with Gasteiger partial charge in [-0.25, -0.2) is 0 Å². The number of nitrogens with two attached hydrogens (primary N) is 1. The van der Waals surface area contributed by atoms with Gasteiger partial charge in [-0.1, -0.05) is 0 Å². The Bertz CT molecular complexity index is 373. The minimum atomic E-state index is -4.86. The number of nitrogen functional groups attached to an aromatic ring is 1. The van der Waals surface area contributed by atoms with Gasteiger partial charge < -0.3 is 10.6 Å². The third-order valence-corrected chi connectivity index (χ3v) is 2.01. The summed E-state index contributed by atoms with van der Waals surface area (Å²) in [5.74, 6) is -1.88. The average molecular weight is 232 g/mol. The van der Waals surface area contributed by atoms with E-state index in [0.29, 0.717) is 10.6 Å². The highest BCUT2D eigenvalue weighted by Gasteiger charge is 2.42. The topological polar surface area (TPSA) is 46.3 Å². The van der Waals surface area contributed by atoms with Gasteiger partial charge >= 0.3 is 12.1 Å². The molecule has 0 atom stereocenters. The molecule has 0 fully saturated rings. The number of alkyl halides is 3. The maximum atomic E-state index is 12.2. The molecule has 2 N–H and O–H groups in total. The van der Waals surface area contributed by atoms with Gasteiger partial charge in [-0.05, 0) is 31.2 Å². The van der Waals surface area contributed by atoms with Crippen molar-refractivity contribution in [3.63, 3.8) is 0 Å². The van der Waals surface area contributed by atoms with Crippen LogP contribution in [0.3, 0.4) is 0 Å². The van der Waals surface area contributed by atoms with Gasteiger partial charge in [0, 0.05) is 17.9 Å². The van der Waals surface area contributed by atoms with Gasteiger partial charge in [0.1, 0.15) is 0 Å². The zero-order valence-electron chi connectivity index (χ0n) is 8.58. The van der Waals surface area contributed by atoms with Crippen LogP contribution >= 0.6 is 0 Å². The second-order valence-corrected chi connectivity index (χ2v) is 3.14. The lowest BCUT2D eigenvalue weighted by atomic mass is 10.2. The van der Waals surface area contributed by atoms with Gasteiger partial charge in [-0.3, -0.25) is 4.79 Å². The van der Waals surface area contributed by atoms with Crippen LogP contribution in [0, 0.1) is 0 Å². The first-order valence-electron chi connectivity index (χ1n) is 4.60. The number of carbonyl (C=O) groups is 1. The summed E-state index contributed by atoms with van der Waals surface area (Å²) in [6, 6.07) is 5.65. The van der Waals surface area contributed by atoms with E-state index in [2.05, 4.69) is 0 Å². The van der Waals surface area contributed by atoms with Crippen LogP contribution in [0.15, 0.2) is 24.3 Å². The third kappa shape index (κ3) is 2.65. The number of amides is 1. The lowest BCUT2D eigenvalue weighted by Gasteiger charge is -2.22. The summed E-state index contributed by atoms with van der Waals surface area (Å²) in [5, 5.41) is 0. The molecular formula is C10H11F3N2O. The van der Waals surface area contributed by atoms with Gasteiger partial charge in [-0.15, -0.1) is 0 Å². The van der Waals surface area contributed by atoms with Gasteiger partial charge in [0.2, 0.25) is 0 Å². The molecule has 1 amide bonds. The Hall–Kier alpha value is -1.72. The second kappa shape index (κ2) is 4.42. The minimum absolute atomic E-state index is 0.0533. The highest BCUT2D eigenvalue weighted by molar-refractivity contribution is 5.97. The van der Waals surface area contributed by atoms with Crippen molar-refractivity contribution in [2.75, 3.05) is 17.2 Å². The molecule has 0 radical (unpaired) electrons. The molecule has 6 heteroatoms. The lowest BCUT2D eigenvalue weighted by Crippen LogP contribution is -2.41. The van der Waals surface area contributed by atoms with E-state index in [9.17, 15) is 18.0 Å². The molecule has 1 rings (SSSR count). The van der Waals surface area contributed by atoms with Crippen molar-refractivity contribution >= 4 is 17.3 Å². The maximum Gasteiger partial charge on any atom is 0.471 e. The molecule has 1 aromatic rings. The van der Waals surface area contributed by atoms with Gasteiger partial charge in [0.15, 0.2) is 0 Å². The quantitative estimate of drug-likeness (QED) is 0.794. The van der Waals surface area contributed by atoms with Crippen LogP contribution in [-0.2, 0) is 4.79 Å². The molecule has 0 aliphatic carbocycles.